The van der Waals surface area contributed by atoms with Crippen molar-refractivity contribution in [3.05, 3.63) is 151 Å². The monoisotopic (exact) mass is 619 g/mol. The second-order valence-electron chi connectivity index (χ2n) is 13.0. The summed E-state index contributed by atoms with van der Waals surface area (Å²) >= 11 is 1.74. The topological polar surface area (TPSA) is 30.7 Å². The van der Waals surface area contributed by atoms with E-state index in [0.717, 1.165) is 38.5 Å². The molecule has 4 heteroatoms. The van der Waals surface area contributed by atoms with Gasteiger partial charge in [-0.05, 0) is 46.5 Å². The highest BCUT2D eigenvalue weighted by atomic mass is 32.1. The molecule has 0 N–H and O–H groups in total. The minimum Gasteiger partial charge on any atom is -0.309 e. The lowest BCUT2D eigenvalue weighted by atomic mass is 9.80. The van der Waals surface area contributed by atoms with E-state index < -0.39 is 0 Å². The van der Waals surface area contributed by atoms with Crippen LogP contribution in [-0.2, 0) is 5.41 Å². The molecule has 1 aliphatic rings. The number of rotatable bonds is 3. The van der Waals surface area contributed by atoms with Crippen molar-refractivity contribution >= 4 is 53.4 Å². The number of fused-ring (bicyclic) bond motifs is 10. The molecule has 1 aliphatic carbocycles. The number of aromatic nitrogens is 3. The molecule has 0 unspecified atom stereocenters. The van der Waals surface area contributed by atoms with Crippen molar-refractivity contribution in [1.29, 1.82) is 0 Å². The zero-order valence-corrected chi connectivity index (χ0v) is 26.8. The van der Waals surface area contributed by atoms with Crippen LogP contribution >= 0.6 is 11.3 Å². The lowest BCUT2D eigenvalue weighted by Gasteiger charge is -2.22. The molecular formula is C43H29N3S. The van der Waals surface area contributed by atoms with E-state index in [0.29, 0.717) is 0 Å². The molecule has 0 saturated heterocycles. The normalized spacial score (nSPS) is 13.5. The summed E-state index contributed by atoms with van der Waals surface area (Å²) in [6.07, 6.45) is 0. The van der Waals surface area contributed by atoms with E-state index in [1.54, 1.807) is 11.3 Å². The van der Waals surface area contributed by atoms with Gasteiger partial charge in [0, 0.05) is 42.8 Å². The summed E-state index contributed by atoms with van der Waals surface area (Å²) in [6, 6.07) is 50.2. The second kappa shape index (κ2) is 9.71. The number of benzene rings is 6. The number of para-hydroxylation sites is 2. The first-order valence-electron chi connectivity index (χ1n) is 16.1. The maximum Gasteiger partial charge on any atom is 0.161 e. The minimum atomic E-state index is -0.126. The van der Waals surface area contributed by atoms with Gasteiger partial charge in [0.05, 0.1) is 22.4 Å². The first-order chi connectivity index (χ1) is 23.1. The van der Waals surface area contributed by atoms with Crippen LogP contribution in [0, 0.1) is 0 Å². The third kappa shape index (κ3) is 3.67. The maximum atomic E-state index is 5.38. The van der Waals surface area contributed by atoms with Crippen molar-refractivity contribution in [2.24, 2.45) is 0 Å². The molecular weight excluding hydrogens is 591 g/mol. The largest absolute Gasteiger partial charge is 0.309 e. The fourth-order valence-electron chi connectivity index (χ4n) is 7.99. The Hall–Kier alpha value is -5.58. The average molecular weight is 620 g/mol. The van der Waals surface area contributed by atoms with Crippen molar-refractivity contribution in [3.63, 3.8) is 0 Å². The standard InChI is InChI=1S/C43H29N3S/c1-43(2)32-20-10-6-16-27(32)28-24-25-35-37(39(28)43)29-17-7-11-21-33(29)46(35)34-22-12-8-18-30(34)40-38-31-19-9-13-23-36(31)47-42(38)45-41(44-40)26-14-4-3-5-15-26/h3-25H,1-2H3. The number of thiophene rings is 1. The van der Waals surface area contributed by atoms with Gasteiger partial charge in [0.1, 0.15) is 4.83 Å². The molecule has 0 bridgehead atoms. The smallest absolute Gasteiger partial charge is 0.161 e. The number of nitrogens with zero attached hydrogens (tertiary/aromatic N) is 3. The van der Waals surface area contributed by atoms with Gasteiger partial charge in [-0.1, -0.05) is 129 Å². The molecule has 3 aromatic heterocycles. The van der Waals surface area contributed by atoms with Crippen molar-refractivity contribution < 1.29 is 0 Å². The van der Waals surface area contributed by atoms with Crippen LogP contribution in [0.3, 0.4) is 0 Å². The van der Waals surface area contributed by atoms with Crippen molar-refractivity contribution in [1.82, 2.24) is 14.5 Å². The maximum absolute atomic E-state index is 5.38. The molecule has 0 saturated carbocycles. The predicted octanol–water partition coefficient (Wildman–Crippen LogP) is 11.6. The summed E-state index contributed by atoms with van der Waals surface area (Å²) in [5, 5.41) is 4.90. The van der Waals surface area contributed by atoms with Gasteiger partial charge in [-0.2, -0.15) is 0 Å². The van der Waals surface area contributed by atoms with Gasteiger partial charge in [0.15, 0.2) is 5.82 Å². The molecule has 0 radical (unpaired) electrons. The van der Waals surface area contributed by atoms with Gasteiger partial charge in [-0.25, -0.2) is 9.97 Å². The molecule has 10 rings (SSSR count). The average Bonchev–Trinajstić information content (AvgIpc) is 3.74. The predicted molar refractivity (Wildman–Crippen MR) is 198 cm³/mol. The third-order valence-corrected chi connectivity index (χ3v) is 11.1. The highest BCUT2D eigenvalue weighted by Gasteiger charge is 2.38. The first-order valence-corrected chi connectivity index (χ1v) is 16.9. The Morgan fingerprint density at radius 1 is 0.553 bits per heavy atom. The molecule has 9 aromatic rings. The summed E-state index contributed by atoms with van der Waals surface area (Å²) < 4.78 is 3.68. The quantitative estimate of drug-likeness (QED) is 0.197. The highest BCUT2D eigenvalue weighted by Crippen LogP contribution is 2.53. The Labute approximate surface area is 276 Å². The van der Waals surface area contributed by atoms with Crippen LogP contribution in [0.25, 0.3) is 81.6 Å². The van der Waals surface area contributed by atoms with E-state index in [2.05, 4.69) is 152 Å². The number of hydrogen-bond acceptors (Lipinski definition) is 3. The fourth-order valence-corrected chi connectivity index (χ4v) is 9.07. The lowest BCUT2D eigenvalue weighted by molar-refractivity contribution is 0.666. The van der Waals surface area contributed by atoms with Crippen LogP contribution in [0.4, 0.5) is 0 Å². The minimum absolute atomic E-state index is 0.126. The van der Waals surface area contributed by atoms with Crippen molar-refractivity contribution in [3.8, 4) is 39.5 Å². The van der Waals surface area contributed by atoms with Gasteiger partial charge in [0.2, 0.25) is 0 Å². The summed E-state index contributed by atoms with van der Waals surface area (Å²) in [6.45, 7) is 4.75. The molecule has 0 atom stereocenters. The van der Waals surface area contributed by atoms with Crippen LogP contribution in [0.15, 0.2) is 140 Å². The van der Waals surface area contributed by atoms with Crippen LogP contribution in [0.5, 0.6) is 0 Å². The van der Waals surface area contributed by atoms with E-state index >= 15 is 0 Å². The van der Waals surface area contributed by atoms with Gasteiger partial charge >= 0.3 is 0 Å². The molecule has 3 heterocycles. The molecule has 0 fully saturated rings. The highest BCUT2D eigenvalue weighted by molar-refractivity contribution is 7.25. The second-order valence-corrected chi connectivity index (χ2v) is 14.0. The van der Waals surface area contributed by atoms with Crippen LogP contribution < -0.4 is 0 Å². The van der Waals surface area contributed by atoms with Gasteiger partial charge in [-0.15, -0.1) is 11.3 Å². The molecule has 3 nitrogen and oxygen atoms in total. The van der Waals surface area contributed by atoms with E-state index in [-0.39, 0.29) is 5.41 Å². The summed E-state index contributed by atoms with van der Waals surface area (Å²) in [7, 11) is 0. The Balaban J connectivity index is 1.32. The van der Waals surface area contributed by atoms with Gasteiger partial charge in [-0.3, -0.25) is 0 Å². The van der Waals surface area contributed by atoms with Crippen LogP contribution in [-0.4, -0.2) is 14.5 Å². The molecule has 6 aromatic carbocycles. The van der Waals surface area contributed by atoms with Crippen LogP contribution in [0.2, 0.25) is 0 Å². The molecule has 222 valence electrons. The zero-order valence-electron chi connectivity index (χ0n) is 26.0. The fraction of sp³-hybridized carbons (Fsp3) is 0.0698. The summed E-state index contributed by atoms with van der Waals surface area (Å²) in [4.78, 5) is 11.5. The van der Waals surface area contributed by atoms with E-state index in [1.807, 2.05) is 6.07 Å². The molecule has 47 heavy (non-hydrogen) atoms. The van der Waals surface area contributed by atoms with Crippen molar-refractivity contribution in [2.45, 2.75) is 19.3 Å². The van der Waals surface area contributed by atoms with Gasteiger partial charge in [0.25, 0.3) is 0 Å². The van der Waals surface area contributed by atoms with Gasteiger partial charge < -0.3 is 4.57 Å². The van der Waals surface area contributed by atoms with E-state index in [1.165, 1.54) is 54.1 Å². The molecule has 0 spiro atoms. The Kier molecular flexibility index (Phi) is 5.50. The Bertz CT molecular complexity index is 2710. The Morgan fingerprint density at radius 2 is 1.26 bits per heavy atom. The lowest BCUT2D eigenvalue weighted by Crippen LogP contribution is -2.15. The molecule has 0 aliphatic heterocycles. The van der Waals surface area contributed by atoms with Crippen molar-refractivity contribution in [2.75, 3.05) is 0 Å². The summed E-state index contributed by atoms with van der Waals surface area (Å²) in [5.74, 6) is 0.744. The Morgan fingerprint density at radius 3 is 2.13 bits per heavy atom. The third-order valence-electron chi connectivity index (χ3n) is 10.0. The van der Waals surface area contributed by atoms with E-state index in [4.69, 9.17) is 9.97 Å². The van der Waals surface area contributed by atoms with Crippen LogP contribution in [0.1, 0.15) is 25.0 Å². The number of hydrogen-bond donors (Lipinski definition) is 0. The van der Waals surface area contributed by atoms with E-state index in [9.17, 15) is 0 Å². The molecule has 0 amide bonds. The summed E-state index contributed by atoms with van der Waals surface area (Å²) in [5.41, 5.74) is 11.9. The first kappa shape index (κ1) is 26.6. The zero-order chi connectivity index (χ0) is 31.3. The SMILES string of the molecule is CC1(C)c2ccccc2-c2ccc3c(c21)c1ccccc1n3-c1ccccc1-c1nc(-c2ccccc2)nc2sc3ccccc3c12.